The number of hydrogen-bond acceptors (Lipinski definition) is 4. The summed E-state index contributed by atoms with van der Waals surface area (Å²) in [5.74, 6) is 0. The Morgan fingerprint density at radius 2 is 1.63 bits per heavy atom. The molecule has 1 atom stereocenters. The molecule has 0 aliphatic carbocycles. The molecule has 0 N–H and O–H groups in total. The van der Waals surface area contributed by atoms with Crippen LogP contribution in [0.2, 0.25) is 0 Å². The largest absolute Gasteiger partial charge is 0.438 e. The van der Waals surface area contributed by atoms with Crippen LogP contribution in [0.15, 0.2) is 83.8 Å². The van der Waals surface area contributed by atoms with E-state index in [2.05, 4.69) is 0 Å². The first-order valence-corrected chi connectivity index (χ1v) is 11.6. The zero-order chi connectivity index (χ0) is 21.4. The highest BCUT2D eigenvalue weighted by atomic mass is 32.2. The van der Waals surface area contributed by atoms with Crippen LogP contribution in [0.4, 0.5) is 10.5 Å². The van der Waals surface area contributed by atoms with Gasteiger partial charge in [0, 0.05) is 30.5 Å². The van der Waals surface area contributed by atoms with Gasteiger partial charge in [0.2, 0.25) is 0 Å². The van der Waals surface area contributed by atoms with Crippen molar-refractivity contribution >= 4 is 21.6 Å². The molecule has 1 unspecified atom stereocenters. The molecule has 0 spiro atoms. The van der Waals surface area contributed by atoms with Crippen molar-refractivity contribution in [3.63, 3.8) is 0 Å². The molecule has 5 nitrogen and oxygen atoms in total. The average Bonchev–Trinajstić information content (AvgIpc) is 2.74. The predicted octanol–water partition coefficient (Wildman–Crippen LogP) is 5.02. The molecule has 1 heterocycles. The smallest absolute Gasteiger partial charge is 0.415 e. The second-order valence-corrected chi connectivity index (χ2v) is 9.67. The number of sulfone groups is 1. The Kier molecular flexibility index (Phi) is 5.12. The van der Waals surface area contributed by atoms with Gasteiger partial charge in [-0.3, -0.25) is 4.90 Å². The van der Waals surface area contributed by atoms with Crippen molar-refractivity contribution in [1.82, 2.24) is 0 Å². The summed E-state index contributed by atoms with van der Waals surface area (Å²) in [5.41, 5.74) is 2.32. The summed E-state index contributed by atoms with van der Waals surface area (Å²) >= 11 is 0. The van der Waals surface area contributed by atoms with E-state index < -0.39 is 21.5 Å². The van der Waals surface area contributed by atoms with E-state index >= 15 is 0 Å². The van der Waals surface area contributed by atoms with Crippen LogP contribution in [0, 0.1) is 0 Å². The van der Waals surface area contributed by atoms with Crippen molar-refractivity contribution in [2.75, 3.05) is 17.7 Å². The number of carbonyl (C=O) groups excluding carboxylic acids is 1. The summed E-state index contributed by atoms with van der Waals surface area (Å²) < 4.78 is 30.2. The third-order valence-electron chi connectivity index (χ3n) is 5.49. The number of anilines is 1. The van der Waals surface area contributed by atoms with Gasteiger partial charge in [-0.1, -0.05) is 60.7 Å². The van der Waals surface area contributed by atoms with Crippen molar-refractivity contribution in [1.29, 1.82) is 0 Å². The fourth-order valence-electron chi connectivity index (χ4n) is 3.81. The minimum Gasteiger partial charge on any atom is -0.438 e. The van der Waals surface area contributed by atoms with E-state index in [-0.39, 0.29) is 4.90 Å². The lowest BCUT2D eigenvalue weighted by Gasteiger charge is -2.39. The molecule has 154 valence electrons. The molecule has 0 saturated carbocycles. The van der Waals surface area contributed by atoms with Crippen molar-refractivity contribution < 1.29 is 17.9 Å². The van der Waals surface area contributed by atoms with Gasteiger partial charge in [0.1, 0.15) is 5.60 Å². The van der Waals surface area contributed by atoms with E-state index in [1.807, 2.05) is 61.5 Å². The number of nitrogens with zero attached hydrogens (tertiary/aromatic N) is 1. The maximum Gasteiger partial charge on any atom is 0.415 e. The van der Waals surface area contributed by atoms with Gasteiger partial charge in [0.05, 0.1) is 4.90 Å². The maximum atomic E-state index is 12.9. The van der Waals surface area contributed by atoms with Gasteiger partial charge in [-0.2, -0.15) is 0 Å². The Morgan fingerprint density at radius 3 is 2.33 bits per heavy atom. The van der Waals surface area contributed by atoms with Gasteiger partial charge in [-0.15, -0.1) is 0 Å². The van der Waals surface area contributed by atoms with E-state index in [0.717, 1.165) is 11.1 Å². The third kappa shape index (κ3) is 3.83. The van der Waals surface area contributed by atoms with Crippen LogP contribution in [0.5, 0.6) is 0 Å². The Balaban J connectivity index is 1.64. The highest BCUT2D eigenvalue weighted by Crippen LogP contribution is 2.36. The number of rotatable bonds is 4. The molecule has 6 heteroatoms. The molecule has 0 aromatic heterocycles. The summed E-state index contributed by atoms with van der Waals surface area (Å²) in [7, 11) is -3.38. The Morgan fingerprint density at radius 1 is 0.933 bits per heavy atom. The van der Waals surface area contributed by atoms with Crippen LogP contribution >= 0.6 is 0 Å². The first-order valence-electron chi connectivity index (χ1n) is 9.73. The van der Waals surface area contributed by atoms with Crippen molar-refractivity contribution in [3.05, 3.63) is 84.4 Å². The standard InChI is InChI=1S/C24H23NO4S/c1-24(19-10-4-3-5-11-19)15-16-25(23(26)29-24)20-12-8-9-18(17-20)21-13-6-7-14-22(21)30(2,27)28/h3-14,17H,15-16H2,1-2H3. The Bertz CT molecular complexity index is 1190. The lowest BCUT2D eigenvalue weighted by atomic mass is 9.91. The SMILES string of the molecule is CC1(c2ccccc2)CCN(c2cccc(-c3ccccc3S(C)(=O)=O)c2)C(=O)O1. The van der Waals surface area contributed by atoms with Gasteiger partial charge >= 0.3 is 6.09 Å². The Labute approximate surface area is 176 Å². The van der Waals surface area contributed by atoms with Crippen molar-refractivity contribution in [2.45, 2.75) is 23.8 Å². The molecule has 1 saturated heterocycles. The number of ether oxygens (including phenoxy) is 1. The van der Waals surface area contributed by atoms with Crippen LogP contribution < -0.4 is 4.90 Å². The van der Waals surface area contributed by atoms with Crippen LogP contribution in [-0.2, 0) is 20.2 Å². The zero-order valence-electron chi connectivity index (χ0n) is 16.9. The first kappa shape index (κ1) is 20.2. The summed E-state index contributed by atoms with van der Waals surface area (Å²) in [5, 5.41) is 0. The molecule has 4 rings (SSSR count). The minimum atomic E-state index is -3.38. The zero-order valence-corrected chi connectivity index (χ0v) is 17.7. The second kappa shape index (κ2) is 7.61. The molecule has 0 radical (unpaired) electrons. The van der Waals surface area contributed by atoms with E-state index in [9.17, 15) is 13.2 Å². The van der Waals surface area contributed by atoms with E-state index in [1.54, 1.807) is 29.2 Å². The second-order valence-electron chi connectivity index (χ2n) is 7.69. The lowest BCUT2D eigenvalue weighted by molar-refractivity contribution is 0.00582. The molecule has 30 heavy (non-hydrogen) atoms. The van der Waals surface area contributed by atoms with Gasteiger partial charge in [0.25, 0.3) is 0 Å². The van der Waals surface area contributed by atoms with Gasteiger partial charge in [-0.05, 0) is 36.2 Å². The van der Waals surface area contributed by atoms with Crippen LogP contribution in [0.25, 0.3) is 11.1 Å². The minimum absolute atomic E-state index is 0.264. The normalized spacial score (nSPS) is 19.4. The number of amides is 1. The molecular formula is C24H23NO4S. The van der Waals surface area contributed by atoms with Gasteiger partial charge < -0.3 is 4.74 Å². The summed E-state index contributed by atoms with van der Waals surface area (Å²) in [6, 6.07) is 23.9. The molecule has 1 amide bonds. The summed E-state index contributed by atoms with van der Waals surface area (Å²) in [4.78, 5) is 14.7. The van der Waals surface area contributed by atoms with Gasteiger partial charge in [-0.25, -0.2) is 13.2 Å². The van der Waals surface area contributed by atoms with Crippen LogP contribution in [-0.4, -0.2) is 27.3 Å². The molecule has 0 bridgehead atoms. The molecule has 1 aliphatic heterocycles. The molecule has 3 aromatic carbocycles. The molecular weight excluding hydrogens is 398 g/mol. The highest BCUT2D eigenvalue weighted by molar-refractivity contribution is 7.90. The third-order valence-corrected chi connectivity index (χ3v) is 6.64. The molecule has 1 aliphatic rings. The summed E-state index contributed by atoms with van der Waals surface area (Å²) in [6.07, 6.45) is 1.43. The number of benzene rings is 3. The monoisotopic (exact) mass is 421 g/mol. The molecule has 1 fully saturated rings. The topological polar surface area (TPSA) is 63.7 Å². The van der Waals surface area contributed by atoms with Crippen LogP contribution in [0.1, 0.15) is 18.9 Å². The summed E-state index contributed by atoms with van der Waals surface area (Å²) in [6.45, 7) is 2.43. The fraction of sp³-hybridized carbons (Fsp3) is 0.208. The average molecular weight is 422 g/mol. The van der Waals surface area contributed by atoms with Crippen molar-refractivity contribution in [3.8, 4) is 11.1 Å². The van der Waals surface area contributed by atoms with E-state index in [1.165, 1.54) is 6.26 Å². The van der Waals surface area contributed by atoms with E-state index in [0.29, 0.717) is 24.2 Å². The van der Waals surface area contributed by atoms with Crippen molar-refractivity contribution in [2.24, 2.45) is 0 Å². The Hall–Kier alpha value is -3.12. The first-order chi connectivity index (χ1) is 14.3. The lowest BCUT2D eigenvalue weighted by Crippen LogP contribution is -2.46. The number of cyclic esters (lactones) is 1. The van der Waals surface area contributed by atoms with E-state index in [4.69, 9.17) is 4.74 Å². The van der Waals surface area contributed by atoms with Crippen LogP contribution in [0.3, 0.4) is 0 Å². The molecule has 3 aromatic rings. The number of carbonyl (C=O) groups is 1. The maximum absolute atomic E-state index is 12.9. The quantitative estimate of drug-likeness (QED) is 0.593. The van der Waals surface area contributed by atoms with Gasteiger partial charge in [0.15, 0.2) is 9.84 Å². The predicted molar refractivity (Wildman–Crippen MR) is 117 cm³/mol. The number of hydrogen-bond donors (Lipinski definition) is 0. The fourth-order valence-corrected chi connectivity index (χ4v) is 4.72. The highest BCUT2D eigenvalue weighted by Gasteiger charge is 2.38.